The van der Waals surface area contributed by atoms with E-state index >= 15 is 0 Å². The third-order valence-corrected chi connectivity index (χ3v) is 4.87. The van der Waals surface area contributed by atoms with Crippen LogP contribution >= 0.6 is 0 Å². The molecule has 2 unspecified atom stereocenters. The predicted octanol–water partition coefficient (Wildman–Crippen LogP) is 4.60. The molecule has 0 heterocycles. The molecule has 1 aliphatic rings. The first kappa shape index (κ1) is 16.4. The van der Waals surface area contributed by atoms with Crippen LogP contribution in [0.4, 0.5) is 0 Å². The minimum Gasteiger partial charge on any atom is -0.497 e. The molecule has 0 amide bonds. The van der Waals surface area contributed by atoms with Gasteiger partial charge in [0.25, 0.3) is 0 Å². The fourth-order valence-electron chi connectivity index (χ4n) is 3.51. The van der Waals surface area contributed by atoms with Crippen molar-refractivity contribution in [2.24, 2.45) is 11.3 Å². The van der Waals surface area contributed by atoms with Crippen LogP contribution in [-0.2, 0) is 0 Å². The second-order valence-electron chi connectivity index (χ2n) is 7.61. The van der Waals surface area contributed by atoms with Gasteiger partial charge in [0.15, 0.2) is 0 Å². The summed E-state index contributed by atoms with van der Waals surface area (Å²) in [6.45, 7) is 10.4. The molecule has 1 fully saturated rings. The lowest BCUT2D eigenvalue weighted by molar-refractivity contribution is 0.158. The van der Waals surface area contributed by atoms with E-state index in [9.17, 15) is 0 Å². The summed E-state index contributed by atoms with van der Waals surface area (Å²) in [5.74, 6) is 2.35. The number of benzene rings is 1. The molecule has 0 aromatic heterocycles. The van der Waals surface area contributed by atoms with Crippen LogP contribution in [0.5, 0.6) is 5.75 Å². The minimum absolute atomic E-state index is 0.457. The Balaban J connectivity index is 2.15. The van der Waals surface area contributed by atoms with E-state index in [0.717, 1.165) is 18.2 Å². The minimum atomic E-state index is 0.457. The van der Waals surface area contributed by atoms with E-state index in [4.69, 9.17) is 4.74 Å². The number of ether oxygens (including phenoxy) is 1. The van der Waals surface area contributed by atoms with Crippen LogP contribution in [0.2, 0.25) is 0 Å². The van der Waals surface area contributed by atoms with Crippen molar-refractivity contribution in [3.63, 3.8) is 0 Å². The number of rotatable bonds is 5. The Bertz CT molecular complexity index is 433. The zero-order valence-electron chi connectivity index (χ0n) is 14.3. The van der Waals surface area contributed by atoms with Gasteiger partial charge in [0.2, 0.25) is 0 Å². The molecule has 0 spiro atoms. The Hall–Kier alpha value is -1.02. The molecule has 2 atom stereocenters. The van der Waals surface area contributed by atoms with E-state index in [-0.39, 0.29) is 0 Å². The molecule has 2 heteroatoms. The molecular weight excluding hydrogens is 258 g/mol. The monoisotopic (exact) mass is 289 g/mol. The Morgan fingerprint density at radius 2 is 1.90 bits per heavy atom. The summed E-state index contributed by atoms with van der Waals surface area (Å²) in [6, 6.07) is 9.28. The van der Waals surface area contributed by atoms with Gasteiger partial charge in [0, 0.05) is 6.04 Å². The highest BCUT2D eigenvalue weighted by Crippen LogP contribution is 2.46. The molecule has 0 saturated heterocycles. The molecule has 0 aliphatic heterocycles. The van der Waals surface area contributed by atoms with Crippen molar-refractivity contribution in [3.05, 3.63) is 29.8 Å². The smallest absolute Gasteiger partial charge is 0.118 e. The maximum absolute atomic E-state index is 5.29. The molecule has 1 aromatic rings. The zero-order valence-corrected chi connectivity index (χ0v) is 14.3. The number of hydrogen-bond acceptors (Lipinski definition) is 2. The van der Waals surface area contributed by atoms with Gasteiger partial charge in [0.1, 0.15) is 5.75 Å². The van der Waals surface area contributed by atoms with Crippen molar-refractivity contribution in [1.82, 2.24) is 5.32 Å². The van der Waals surface area contributed by atoms with Gasteiger partial charge in [0.05, 0.1) is 7.11 Å². The first-order valence-electron chi connectivity index (χ1n) is 8.28. The number of nitrogens with one attached hydrogen (secondary N) is 1. The average molecular weight is 289 g/mol. The SMILES string of the molecule is COc1ccc(C2CC(C)(C)CCC2CNC(C)C)cc1. The van der Waals surface area contributed by atoms with Crippen LogP contribution in [0.25, 0.3) is 0 Å². The Morgan fingerprint density at radius 3 is 2.48 bits per heavy atom. The van der Waals surface area contributed by atoms with Crippen molar-refractivity contribution < 1.29 is 4.74 Å². The lowest BCUT2D eigenvalue weighted by Gasteiger charge is -2.41. The van der Waals surface area contributed by atoms with Crippen LogP contribution < -0.4 is 10.1 Å². The van der Waals surface area contributed by atoms with Crippen LogP contribution in [0, 0.1) is 11.3 Å². The van der Waals surface area contributed by atoms with Gasteiger partial charge in [-0.25, -0.2) is 0 Å². The topological polar surface area (TPSA) is 21.3 Å². The van der Waals surface area contributed by atoms with E-state index in [1.165, 1.54) is 24.8 Å². The molecule has 0 bridgehead atoms. The fourth-order valence-corrected chi connectivity index (χ4v) is 3.51. The molecular formula is C19H31NO. The van der Waals surface area contributed by atoms with Gasteiger partial charge in [-0.3, -0.25) is 0 Å². The van der Waals surface area contributed by atoms with Gasteiger partial charge >= 0.3 is 0 Å². The van der Waals surface area contributed by atoms with Crippen molar-refractivity contribution >= 4 is 0 Å². The van der Waals surface area contributed by atoms with E-state index in [2.05, 4.69) is 57.3 Å². The lowest BCUT2D eigenvalue weighted by Crippen LogP contribution is -2.37. The maximum Gasteiger partial charge on any atom is 0.118 e. The van der Waals surface area contributed by atoms with E-state index < -0.39 is 0 Å². The summed E-state index contributed by atoms with van der Waals surface area (Å²) >= 11 is 0. The molecule has 0 radical (unpaired) electrons. The fraction of sp³-hybridized carbons (Fsp3) is 0.684. The summed E-state index contributed by atoms with van der Waals surface area (Å²) in [6.07, 6.45) is 3.94. The molecule has 2 rings (SSSR count). The first-order chi connectivity index (χ1) is 9.91. The Kier molecular flexibility index (Phi) is 5.32. The normalized spacial score (nSPS) is 25.0. The third-order valence-electron chi connectivity index (χ3n) is 4.87. The molecule has 2 nitrogen and oxygen atoms in total. The highest BCUT2D eigenvalue weighted by atomic mass is 16.5. The first-order valence-corrected chi connectivity index (χ1v) is 8.28. The van der Waals surface area contributed by atoms with Gasteiger partial charge in [-0.1, -0.05) is 39.8 Å². The van der Waals surface area contributed by atoms with Crippen molar-refractivity contribution in [3.8, 4) is 5.75 Å². The molecule has 1 aliphatic carbocycles. The van der Waals surface area contributed by atoms with Crippen LogP contribution in [0.15, 0.2) is 24.3 Å². The summed E-state index contributed by atoms with van der Waals surface area (Å²) in [4.78, 5) is 0. The zero-order chi connectivity index (χ0) is 15.5. The molecule has 1 aromatic carbocycles. The van der Waals surface area contributed by atoms with Crippen molar-refractivity contribution in [2.45, 2.75) is 58.9 Å². The van der Waals surface area contributed by atoms with Gasteiger partial charge < -0.3 is 10.1 Å². The molecule has 21 heavy (non-hydrogen) atoms. The van der Waals surface area contributed by atoms with E-state index in [0.29, 0.717) is 17.4 Å². The summed E-state index contributed by atoms with van der Waals surface area (Å²) in [5, 5.41) is 3.64. The van der Waals surface area contributed by atoms with Gasteiger partial charge in [-0.05, 0) is 60.8 Å². The number of hydrogen-bond donors (Lipinski definition) is 1. The summed E-state index contributed by atoms with van der Waals surface area (Å²) < 4.78 is 5.29. The Morgan fingerprint density at radius 1 is 1.24 bits per heavy atom. The van der Waals surface area contributed by atoms with Crippen LogP contribution in [0.3, 0.4) is 0 Å². The van der Waals surface area contributed by atoms with Gasteiger partial charge in [-0.15, -0.1) is 0 Å². The van der Waals surface area contributed by atoms with E-state index in [1.54, 1.807) is 7.11 Å². The van der Waals surface area contributed by atoms with Crippen LogP contribution in [-0.4, -0.2) is 19.7 Å². The van der Waals surface area contributed by atoms with Gasteiger partial charge in [-0.2, -0.15) is 0 Å². The lowest BCUT2D eigenvalue weighted by atomic mass is 9.65. The largest absolute Gasteiger partial charge is 0.497 e. The van der Waals surface area contributed by atoms with E-state index in [1.807, 2.05) is 0 Å². The van der Waals surface area contributed by atoms with Crippen molar-refractivity contribution in [2.75, 3.05) is 13.7 Å². The Labute approximate surface area is 130 Å². The van der Waals surface area contributed by atoms with Crippen LogP contribution in [0.1, 0.15) is 58.4 Å². The highest BCUT2D eigenvalue weighted by molar-refractivity contribution is 5.30. The second-order valence-corrected chi connectivity index (χ2v) is 7.61. The quantitative estimate of drug-likeness (QED) is 0.855. The third kappa shape index (κ3) is 4.47. The molecule has 1 saturated carbocycles. The maximum atomic E-state index is 5.29. The molecule has 118 valence electrons. The number of methoxy groups -OCH3 is 1. The standard InChI is InChI=1S/C19H31NO/c1-14(2)20-13-16-10-11-19(3,4)12-18(16)15-6-8-17(21-5)9-7-15/h6-9,14,16,18,20H,10-13H2,1-5H3. The predicted molar refractivity (Wildman–Crippen MR) is 90.0 cm³/mol. The summed E-state index contributed by atoms with van der Waals surface area (Å²) in [5.41, 5.74) is 1.93. The average Bonchev–Trinajstić information content (AvgIpc) is 2.45. The summed E-state index contributed by atoms with van der Waals surface area (Å²) in [7, 11) is 1.73. The molecule has 1 N–H and O–H groups in total. The second kappa shape index (κ2) is 6.83. The highest BCUT2D eigenvalue weighted by Gasteiger charge is 2.35. The van der Waals surface area contributed by atoms with Crippen molar-refractivity contribution in [1.29, 1.82) is 0 Å².